The highest BCUT2D eigenvalue weighted by atomic mass is 32.2. The second-order valence-electron chi connectivity index (χ2n) is 9.61. The van der Waals surface area contributed by atoms with Crippen molar-refractivity contribution in [1.82, 2.24) is 0 Å². The maximum absolute atomic E-state index is 12.7. The number of fused-ring (bicyclic) bond motifs is 1. The summed E-state index contributed by atoms with van der Waals surface area (Å²) in [6.07, 6.45) is 7.69. The lowest BCUT2D eigenvalue weighted by Gasteiger charge is -2.48. The van der Waals surface area contributed by atoms with E-state index in [1.807, 2.05) is 25.1 Å². The van der Waals surface area contributed by atoms with Crippen LogP contribution < -0.4 is 0 Å². The fraction of sp³-hybridized carbons (Fsp3) is 0.310. The molecule has 0 spiro atoms. The number of aromatic hydroxyl groups is 2. The van der Waals surface area contributed by atoms with Crippen molar-refractivity contribution in [2.75, 3.05) is 13.7 Å². The molecular formula is C29H25NO5S2. The topological polar surface area (TPSA) is 99.8 Å². The summed E-state index contributed by atoms with van der Waals surface area (Å²) < 4.78 is 10.9. The van der Waals surface area contributed by atoms with Crippen LogP contribution in [0.1, 0.15) is 53.9 Å². The number of nitriles is 1. The third-order valence-electron chi connectivity index (χ3n) is 7.73. The van der Waals surface area contributed by atoms with Gasteiger partial charge in [-0.15, -0.1) is 0 Å². The van der Waals surface area contributed by atoms with Crippen LogP contribution in [0.3, 0.4) is 0 Å². The Bertz CT molecular complexity index is 1470. The fourth-order valence-electron chi connectivity index (χ4n) is 5.94. The minimum absolute atomic E-state index is 0.0702. The molecule has 0 saturated carbocycles. The second-order valence-corrected chi connectivity index (χ2v) is 11.9. The Kier molecular flexibility index (Phi) is 6.10. The summed E-state index contributed by atoms with van der Waals surface area (Å²) in [5, 5.41) is 33.1. The number of methoxy groups -OCH3 is 1. The highest BCUT2D eigenvalue weighted by molar-refractivity contribution is 8.24. The summed E-state index contributed by atoms with van der Waals surface area (Å²) in [5.74, 6) is -0.475. The van der Waals surface area contributed by atoms with E-state index in [0.717, 1.165) is 46.6 Å². The molecule has 4 atom stereocenters. The van der Waals surface area contributed by atoms with Gasteiger partial charge in [0.15, 0.2) is 5.57 Å². The molecule has 1 aliphatic heterocycles. The number of rotatable bonds is 5. The van der Waals surface area contributed by atoms with E-state index in [-0.39, 0.29) is 47.5 Å². The molecule has 0 fully saturated rings. The number of carbonyl (C=O) groups is 1. The van der Waals surface area contributed by atoms with Gasteiger partial charge in [0.05, 0.1) is 26.7 Å². The molecule has 4 unspecified atom stereocenters. The molecule has 0 amide bonds. The molecule has 1 heterocycles. The van der Waals surface area contributed by atoms with Crippen LogP contribution in [0.15, 0.2) is 67.7 Å². The van der Waals surface area contributed by atoms with Gasteiger partial charge in [0.1, 0.15) is 17.6 Å². The van der Waals surface area contributed by atoms with Crippen LogP contribution in [0, 0.1) is 17.2 Å². The average molecular weight is 532 g/mol. The minimum atomic E-state index is -0.716. The predicted octanol–water partition coefficient (Wildman–Crippen LogP) is 6.09. The van der Waals surface area contributed by atoms with Gasteiger partial charge in [0.2, 0.25) is 0 Å². The molecule has 0 radical (unpaired) electrons. The lowest BCUT2D eigenvalue weighted by atomic mass is 9.55. The molecule has 8 heteroatoms. The van der Waals surface area contributed by atoms with E-state index >= 15 is 0 Å². The monoisotopic (exact) mass is 531 g/mol. The van der Waals surface area contributed by atoms with E-state index in [4.69, 9.17) is 9.47 Å². The lowest BCUT2D eigenvalue weighted by Crippen LogP contribution is -2.35. The number of thioether (sulfide) groups is 2. The molecule has 37 heavy (non-hydrogen) atoms. The number of nitrogens with zero attached hydrogens (tertiary/aromatic N) is 1. The average Bonchev–Trinajstić information content (AvgIpc) is 3.37. The summed E-state index contributed by atoms with van der Waals surface area (Å²) in [4.78, 5) is 13.7. The molecule has 6 nitrogen and oxygen atoms in total. The summed E-state index contributed by atoms with van der Waals surface area (Å²) in [6.45, 7) is 2.00. The summed E-state index contributed by atoms with van der Waals surface area (Å²) in [5.41, 5.74) is 4.98. The maximum Gasteiger partial charge on any atom is 0.350 e. The second kappa shape index (κ2) is 9.32. The molecule has 7 rings (SSSR count). The zero-order valence-corrected chi connectivity index (χ0v) is 22.0. The van der Waals surface area contributed by atoms with Crippen molar-refractivity contribution in [1.29, 1.82) is 5.26 Å². The number of benzene rings is 2. The number of ether oxygens (including phenoxy) is 2. The Morgan fingerprint density at radius 3 is 2.57 bits per heavy atom. The number of hydrogen-bond acceptors (Lipinski definition) is 8. The van der Waals surface area contributed by atoms with Crippen molar-refractivity contribution in [2.24, 2.45) is 5.92 Å². The van der Waals surface area contributed by atoms with Gasteiger partial charge in [0.25, 0.3) is 0 Å². The minimum Gasteiger partial charge on any atom is -0.506 e. The first-order chi connectivity index (χ1) is 18.0. The highest BCUT2D eigenvalue weighted by Gasteiger charge is 2.51. The van der Waals surface area contributed by atoms with Gasteiger partial charge in [-0.25, -0.2) is 4.79 Å². The Hall–Kier alpha value is -3.12. The van der Waals surface area contributed by atoms with Crippen LogP contribution in [-0.2, 0) is 14.3 Å². The van der Waals surface area contributed by atoms with Gasteiger partial charge < -0.3 is 19.7 Å². The molecule has 0 aromatic heterocycles. The van der Waals surface area contributed by atoms with Gasteiger partial charge in [-0.2, -0.15) is 5.26 Å². The predicted molar refractivity (Wildman–Crippen MR) is 142 cm³/mol. The molecule has 2 aromatic rings. The van der Waals surface area contributed by atoms with E-state index in [9.17, 15) is 20.3 Å². The number of allylic oxidation sites excluding steroid dienone is 4. The summed E-state index contributed by atoms with van der Waals surface area (Å²) in [6, 6.07) is 10.2. The van der Waals surface area contributed by atoms with E-state index in [0.29, 0.717) is 20.4 Å². The van der Waals surface area contributed by atoms with Gasteiger partial charge in [-0.3, -0.25) is 0 Å². The van der Waals surface area contributed by atoms with E-state index in [1.54, 1.807) is 7.11 Å². The van der Waals surface area contributed by atoms with Gasteiger partial charge in [0, 0.05) is 36.5 Å². The number of hydrogen-bond donors (Lipinski definition) is 2. The Morgan fingerprint density at radius 1 is 1.16 bits per heavy atom. The van der Waals surface area contributed by atoms with Gasteiger partial charge in [-0.1, -0.05) is 71.6 Å². The molecule has 2 aromatic carbocycles. The third-order valence-corrected chi connectivity index (χ3v) is 10.3. The van der Waals surface area contributed by atoms with Crippen molar-refractivity contribution in [3.63, 3.8) is 0 Å². The number of carbonyl (C=O) groups excluding carboxylic acids is 1. The van der Waals surface area contributed by atoms with Crippen LogP contribution in [0.4, 0.5) is 0 Å². The quantitative estimate of drug-likeness (QED) is 0.207. The highest BCUT2D eigenvalue weighted by Crippen LogP contribution is 2.69. The normalized spacial score (nSPS) is 24.2. The number of phenols is 2. The van der Waals surface area contributed by atoms with Crippen LogP contribution >= 0.6 is 23.5 Å². The van der Waals surface area contributed by atoms with Crippen LogP contribution in [0.25, 0.3) is 0 Å². The van der Waals surface area contributed by atoms with E-state index in [1.165, 1.54) is 11.1 Å². The first-order valence-electron chi connectivity index (χ1n) is 12.2. The molecule has 188 valence electrons. The zero-order chi connectivity index (χ0) is 25.8. The molecule has 5 aliphatic rings. The molecular weight excluding hydrogens is 506 g/mol. The van der Waals surface area contributed by atoms with Crippen LogP contribution in [0.2, 0.25) is 0 Å². The molecule has 4 aliphatic carbocycles. The van der Waals surface area contributed by atoms with Crippen molar-refractivity contribution >= 4 is 29.5 Å². The van der Waals surface area contributed by atoms with Crippen LogP contribution in [-0.4, -0.2) is 36.0 Å². The summed E-state index contributed by atoms with van der Waals surface area (Å²) >= 11 is 2.29. The molecule has 0 saturated heterocycles. The van der Waals surface area contributed by atoms with Crippen LogP contribution in [0.5, 0.6) is 11.5 Å². The standard InChI is InChI=1S/C29H25NO5S2/c1-14(34-2)11-12-35-28(33)19(13-30)29-36-26-24(31)22-20-15-7-3-4-8-16(15)21(18-10-6-5-9-17(18)20)23(22)25(32)27(26)37-29/h3-9,14,18,20-21,31-32H,10-12H2,1-2H3/b29-19-. The smallest absolute Gasteiger partial charge is 0.350 e. The third kappa shape index (κ3) is 3.63. The molecule has 2 N–H and O–H groups in total. The van der Waals surface area contributed by atoms with Gasteiger partial charge >= 0.3 is 5.97 Å². The zero-order valence-electron chi connectivity index (χ0n) is 20.4. The first kappa shape index (κ1) is 24.2. The van der Waals surface area contributed by atoms with Crippen molar-refractivity contribution < 1.29 is 24.5 Å². The molecule has 2 bridgehead atoms. The Morgan fingerprint density at radius 2 is 1.86 bits per heavy atom. The number of esters is 1. The first-order valence-corrected chi connectivity index (χ1v) is 13.9. The fourth-order valence-corrected chi connectivity index (χ4v) is 8.48. The van der Waals surface area contributed by atoms with E-state index in [2.05, 4.69) is 30.4 Å². The lowest BCUT2D eigenvalue weighted by molar-refractivity contribution is -0.139. The van der Waals surface area contributed by atoms with Gasteiger partial charge in [-0.05, 0) is 30.4 Å². The Balaban J connectivity index is 1.43. The summed E-state index contributed by atoms with van der Waals surface area (Å²) in [7, 11) is 1.59. The van der Waals surface area contributed by atoms with Crippen molar-refractivity contribution in [2.45, 2.75) is 47.5 Å². The van der Waals surface area contributed by atoms with Crippen molar-refractivity contribution in [3.8, 4) is 17.6 Å². The number of phenolic OH excluding ortho intramolecular Hbond substituents is 2. The van der Waals surface area contributed by atoms with E-state index < -0.39 is 5.97 Å². The largest absolute Gasteiger partial charge is 0.506 e. The maximum atomic E-state index is 12.7. The Labute approximate surface area is 223 Å². The SMILES string of the molecule is COC(C)CCOC(=O)/C(C#N)=C1/Sc2c(O)c3c(c(O)c2S1)C1c2ccccc2C3C2=CC=CCC21. The van der Waals surface area contributed by atoms with Crippen molar-refractivity contribution in [3.05, 3.63) is 80.1 Å².